The molecule has 0 aliphatic rings. The molecule has 0 spiro atoms. The molecule has 2 unspecified atom stereocenters. The van der Waals surface area contributed by atoms with Crippen LogP contribution < -0.4 is 5.32 Å². The van der Waals surface area contributed by atoms with Crippen molar-refractivity contribution in [2.24, 2.45) is 0 Å². The summed E-state index contributed by atoms with van der Waals surface area (Å²) in [5.74, 6) is 0. The average molecular weight is 493 g/mol. The van der Waals surface area contributed by atoms with Crippen molar-refractivity contribution in [2.75, 3.05) is 20.3 Å². The molecule has 0 bridgehead atoms. The van der Waals surface area contributed by atoms with Crippen LogP contribution in [0.2, 0.25) is 0 Å². The molecule has 5 heteroatoms. The molecule has 180 valence electrons. The number of ether oxygens (including phenoxy) is 2. The zero-order valence-electron chi connectivity index (χ0n) is 20.2. The SMILES string of the molecule is CCCCCCCCCCCCCCCCCCOCC(CC(C)Br)OC(=O)NC. The topological polar surface area (TPSA) is 47.6 Å². The van der Waals surface area contributed by atoms with Crippen LogP contribution in [0.5, 0.6) is 0 Å². The van der Waals surface area contributed by atoms with Crippen LogP contribution in [-0.4, -0.2) is 37.3 Å². The first-order chi connectivity index (χ1) is 14.6. The van der Waals surface area contributed by atoms with Crippen molar-refractivity contribution >= 4 is 22.0 Å². The quantitative estimate of drug-likeness (QED) is 0.122. The highest BCUT2D eigenvalue weighted by Gasteiger charge is 2.16. The number of nitrogens with one attached hydrogen (secondary N) is 1. The third-order valence-corrected chi connectivity index (χ3v) is 5.89. The van der Waals surface area contributed by atoms with Crippen LogP contribution in [0.4, 0.5) is 4.79 Å². The lowest BCUT2D eigenvalue weighted by atomic mass is 10.0. The lowest BCUT2D eigenvalue weighted by Gasteiger charge is -2.19. The maximum absolute atomic E-state index is 11.4. The number of unbranched alkanes of at least 4 members (excludes halogenated alkanes) is 15. The van der Waals surface area contributed by atoms with Crippen LogP contribution in [0.15, 0.2) is 0 Å². The van der Waals surface area contributed by atoms with Crippen LogP contribution in [-0.2, 0) is 9.47 Å². The van der Waals surface area contributed by atoms with Crippen LogP contribution >= 0.6 is 15.9 Å². The second kappa shape index (κ2) is 23.4. The molecule has 0 fully saturated rings. The fraction of sp³-hybridized carbons (Fsp3) is 0.960. The van der Waals surface area contributed by atoms with Crippen LogP contribution in [0, 0.1) is 0 Å². The summed E-state index contributed by atoms with van der Waals surface area (Å²) in [6.07, 6.45) is 22.2. The second-order valence-corrected chi connectivity index (χ2v) is 10.2. The van der Waals surface area contributed by atoms with E-state index in [0.717, 1.165) is 19.4 Å². The maximum atomic E-state index is 11.4. The molecule has 4 nitrogen and oxygen atoms in total. The fourth-order valence-corrected chi connectivity index (χ4v) is 4.11. The molecular weight excluding hydrogens is 442 g/mol. The molecule has 0 heterocycles. The predicted octanol–water partition coefficient (Wildman–Crippen LogP) is 8.16. The van der Waals surface area contributed by atoms with Gasteiger partial charge in [-0.05, 0) is 12.8 Å². The number of hydrogen-bond acceptors (Lipinski definition) is 3. The van der Waals surface area contributed by atoms with E-state index < -0.39 is 0 Å². The fourth-order valence-electron chi connectivity index (χ4n) is 3.69. The van der Waals surface area contributed by atoms with Gasteiger partial charge in [0.1, 0.15) is 6.10 Å². The monoisotopic (exact) mass is 491 g/mol. The number of alkyl halides is 1. The minimum Gasteiger partial charge on any atom is -0.444 e. The van der Waals surface area contributed by atoms with Crippen LogP contribution in [0.25, 0.3) is 0 Å². The lowest BCUT2D eigenvalue weighted by molar-refractivity contribution is 0.0162. The number of amides is 1. The van der Waals surface area contributed by atoms with E-state index >= 15 is 0 Å². The largest absolute Gasteiger partial charge is 0.444 e. The summed E-state index contributed by atoms with van der Waals surface area (Å²) in [6, 6.07) is 0. The minimum atomic E-state index is -0.390. The summed E-state index contributed by atoms with van der Waals surface area (Å²) >= 11 is 3.51. The minimum absolute atomic E-state index is 0.194. The van der Waals surface area contributed by atoms with E-state index in [1.165, 1.54) is 96.3 Å². The number of halogens is 1. The summed E-state index contributed by atoms with van der Waals surface area (Å²) in [5, 5.41) is 2.50. The molecule has 1 N–H and O–H groups in total. The number of alkyl carbamates (subject to hydrolysis) is 1. The van der Waals surface area contributed by atoms with Gasteiger partial charge in [-0.15, -0.1) is 0 Å². The zero-order chi connectivity index (χ0) is 22.3. The van der Waals surface area contributed by atoms with Gasteiger partial charge in [0.25, 0.3) is 0 Å². The van der Waals surface area contributed by atoms with E-state index in [0.29, 0.717) is 11.4 Å². The van der Waals surface area contributed by atoms with Crippen LogP contribution in [0.3, 0.4) is 0 Å². The Labute approximate surface area is 195 Å². The molecule has 0 saturated heterocycles. The molecule has 0 radical (unpaired) electrons. The van der Waals surface area contributed by atoms with Crippen molar-refractivity contribution in [3.05, 3.63) is 0 Å². The first-order valence-electron chi connectivity index (χ1n) is 12.7. The van der Waals surface area contributed by atoms with Gasteiger partial charge in [-0.3, -0.25) is 0 Å². The Balaban J connectivity index is 3.34. The molecule has 0 aliphatic carbocycles. The molecule has 0 rings (SSSR count). The highest BCUT2D eigenvalue weighted by molar-refractivity contribution is 9.09. The van der Waals surface area contributed by atoms with E-state index in [4.69, 9.17) is 9.47 Å². The predicted molar refractivity (Wildman–Crippen MR) is 133 cm³/mol. The lowest BCUT2D eigenvalue weighted by Crippen LogP contribution is -2.30. The van der Waals surface area contributed by atoms with E-state index in [1.54, 1.807) is 7.05 Å². The molecular formula is C25H50BrNO3. The number of hydrogen-bond donors (Lipinski definition) is 1. The van der Waals surface area contributed by atoms with Crippen molar-refractivity contribution in [3.63, 3.8) is 0 Å². The standard InChI is InChI=1S/C25H50BrNO3/c1-4-5-6-7-8-9-10-11-12-13-14-15-16-17-18-19-20-29-22-24(21-23(2)26)30-25(28)27-3/h23-24H,4-22H2,1-3H3,(H,27,28). The first kappa shape index (κ1) is 29.7. The smallest absolute Gasteiger partial charge is 0.407 e. The Morgan fingerprint density at radius 2 is 1.23 bits per heavy atom. The molecule has 2 atom stereocenters. The zero-order valence-corrected chi connectivity index (χ0v) is 21.8. The molecule has 0 aromatic heterocycles. The van der Waals surface area contributed by atoms with Crippen molar-refractivity contribution in [1.29, 1.82) is 0 Å². The van der Waals surface area contributed by atoms with E-state index in [2.05, 4.69) is 35.1 Å². The molecule has 0 aromatic rings. The molecule has 0 aliphatic heterocycles. The van der Waals surface area contributed by atoms with Gasteiger partial charge in [0, 0.05) is 18.5 Å². The Kier molecular flexibility index (Phi) is 23.1. The van der Waals surface area contributed by atoms with Crippen molar-refractivity contribution in [2.45, 2.75) is 134 Å². The molecule has 0 saturated carbocycles. The maximum Gasteiger partial charge on any atom is 0.407 e. The first-order valence-corrected chi connectivity index (χ1v) is 13.6. The molecule has 1 amide bonds. The van der Waals surface area contributed by atoms with Gasteiger partial charge < -0.3 is 14.8 Å². The van der Waals surface area contributed by atoms with Gasteiger partial charge in [-0.25, -0.2) is 4.79 Å². The summed E-state index contributed by atoms with van der Waals surface area (Å²) < 4.78 is 11.1. The number of rotatable bonds is 22. The number of carbonyl (C=O) groups is 1. The summed E-state index contributed by atoms with van der Waals surface area (Å²) in [4.78, 5) is 11.7. The van der Waals surface area contributed by atoms with Gasteiger partial charge in [0.2, 0.25) is 0 Å². The number of carbonyl (C=O) groups excluding carboxylic acids is 1. The van der Waals surface area contributed by atoms with Crippen molar-refractivity contribution in [3.8, 4) is 0 Å². The van der Waals surface area contributed by atoms with E-state index in [-0.39, 0.29) is 12.2 Å². The van der Waals surface area contributed by atoms with Crippen LogP contribution in [0.1, 0.15) is 123 Å². The van der Waals surface area contributed by atoms with Crippen molar-refractivity contribution in [1.82, 2.24) is 5.32 Å². The highest BCUT2D eigenvalue weighted by atomic mass is 79.9. The molecule has 0 aromatic carbocycles. The normalized spacial score (nSPS) is 13.2. The Morgan fingerprint density at radius 1 is 0.800 bits per heavy atom. The Morgan fingerprint density at radius 3 is 1.63 bits per heavy atom. The van der Waals surface area contributed by atoms with Crippen molar-refractivity contribution < 1.29 is 14.3 Å². The summed E-state index contributed by atoms with van der Waals surface area (Å²) in [7, 11) is 1.58. The van der Waals surface area contributed by atoms with E-state index in [1.807, 2.05) is 0 Å². The Bertz CT molecular complexity index is 366. The second-order valence-electron chi connectivity index (χ2n) is 8.67. The van der Waals surface area contributed by atoms with Gasteiger partial charge in [0.15, 0.2) is 0 Å². The average Bonchev–Trinajstić information content (AvgIpc) is 2.72. The van der Waals surface area contributed by atoms with E-state index in [9.17, 15) is 4.79 Å². The summed E-state index contributed by atoms with van der Waals surface area (Å²) in [6.45, 7) is 5.56. The van der Waals surface area contributed by atoms with Gasteiger partial charge in [-0.1, -0.05) is 126 Å². The Hall–Kier alpha value is -0.290. The van der Waals surface area contributed by atoms with Gasteiger partial charge >= 0.3 is 6.09 Å². The summed E-state index contributed by atoms with van der Waals surface area (Å²) in [5.41, 5.74) is 0. The third-order valence-electron chi connectivity index (χ3n) is 5.51. The van der Waals surface area contributed by atoms with Gasteiger partial charge in [0.05, 0.1) is 6.61 Å². The highest BCUT2D eigenvalue weighted by Crippen LogP contribution is 2.14. The van der Waals surface area contributed by atoms with Gasteiger partial charge in [-0.2, -0.15) is 0 Å². The molecule has 30 heavy (non-hydrogen) atoms. The third kappa shape index (κ3) is 22.4.